The van der Waals surface area contributed by atoms with Crippen LogP contribution in [0.1, 0.15) is 59.5 Å². The van der Waals surface area contributed by atoms with Gasteiger partial charge in [-0.25, -0.2) is 4.98 Å². The van der Waals surface area contributed by atoms with Crippen LogP contribution in [0.2, 0.25) is 0 Å². The van der Waals surface area contributed by atoms with E-state index in [0.717, 1.165) is 74.6 Å². The first-order valence-electron chi connectivity index (χ1n) is 12.7. The van der Waals surface area contributed by atoms with Gasteiger partial charge in [0.05, 0.1) is 5.69 Å². The summed E-state index contributed by atoms with van der Waals surface area (Å²) in [7, 11) is 1.66. The summed E-state index contributed by atoms with van der Waals surface area (Å²) in [6, 6.07) is 8.26. The van der Waals surface area contributed by atoms with Gasteiger partial charge in [-0.3, -0.25) is 14.5 Å². The van der Waals surface area contributed by atoms with Gasteiger partial charge in [0.2, 0.25) is 0 Å². The highest BCUT2D eigenvalue weighted by Crippen LogP contribution is 2.53. The van der Waals surface area contributed by atoms with Crippen LogP contribution in [-0.4, -0.2) is 60.0 Å². The highest BCUT2D eigenvalue weighted by Gasteiger charge is 2.45. The normalized spacial score (nSPS) is 23.5. The second kappa shape index (κ2) is 8.38. The molecule has 2 fully saturated rings. The number of H-pyrrole nitrogens is 1. The van der Waals surface area contributed by atoms with E-state index in [1.54, 1.807) is 7.05 Å². The maximum absolute atomic E-state index is 12.8. The zero-order chi connectivity index (χ0) is 23.3. The summed E-state index contributed by atoms with van der Waals surface area (Å²) in [5.74, 6) is 0.743. The lowest BCUT2D eigenvalue weighted by atomic mass is 9.84. The molecule has 2 N–H and O–H groups in total. The molecule has 1 saturated heterocycles. The number of benzene rings is 1. The summed E-state index contributed by atoms with van der Waals surface area (Å²) in [6.07, 6.45) is 9.97. The quantitative estimate of drug-likeness (QED) is 0.735. The number of amides is 1. The smallest absolute Gasteiger partial charge is 0.254 e. The third kappa shape index (κ3) is 3.96. The number of aromatic amines is 1. The molecular weight excluding hydrogens is 426 g/mol. The zero-order valence-corrected chi connectivity index (χ0v) is 19.9. The maximum atomic E-state index is 12.8. The van der Waals surface area contributed by atoms with Crippen LogP contribution in [0.5, 0.6) is 0 Å². The number of piperazine rings is 1. The molecule has 3 aliphatic carbocycles. The van der Waals surface area contributed by atoms with Gasteiger partial charge >= 0.3 is 0 Å². The molecular formula is C27H33N5O2. The van der Waals surface area contributed by atoms with Crippen molar-refractivity contribution >= 4 is 17.2 Å². The van der Waals surface area contributed by atoms with Crippen molar-refractivity contribution in [2.75, 3.05) is 38.1 Å². The van der Waals surface area contributed by atoms with E-state index in [4.69, 9.17) is 4.98 Å². The number of aromatic nitrogens is 2. The second-order valence-corrected chi connectivity index (χ2v) is 10.5. The Kier molecular flexibility index (Phi) is 5.32. The molecule has 1 atom stereocenters. The number of allylic oxidation sites excluding steroid dienone is 1. The molecule has 1 unspecified atom stereocenters. The standard InChI is InChI=1S/C27H33N5O2/c1-28-25(33)19-3-2-4-20(16-19)31-11-13-32(14-12-31)21-6-5-18(15-21)24-29-23-7-8-27(9-10-27)17-22(23)26(34)30-24/h2-4,15-16,21H,5-14,17H2,1H3,(H,28,33)(H,29,30,34). The van der Waals surface area contributed by atoms with Crippen molar-refractivity contribution < 1.29 is 4.79 Å². The molecule has 7 nitrogen and oxygen atoms in total. The number of aryl methyl sites for hydroxylation is 1. The van der Waals surface area contributed by atoms with Crippen molar-refractivity contribution in [1.29, 1.82) is 0 Å². The molecule has 7 heteroatoms. The molecule has 4 aliphatic rings. The summed E-state index contributed by atoms with van der Waals surface area (Å²) in [4.78, 5) is 37.8. The highest BCUT2D eigenvalue weighted by molar-refractivity contribution is 5.94. The Morgan fingerprint density at radius 2 is 1.97 bits per heavy atom. The van der Waals surface area contributed by atoms with Crippen molar-refractivity contribution in [1.82, 2.24) is 20.2 Å². The fourth-order valence-corrected chi connectivity index (χ4v) is 6.02. The van der Waals surface area contributed by atoms with Gasteiger partial charge in [-0.15, -0.1) is 0 Å². The van der Waals surface area contributed by atoms with E-state index in [2.05, 4.69) is 32.2 Å². The Hall–Kier alpha value is -2.93. The zero-order valence-electron chi connectivity index (χ0n) is 19.9. The van der Waals surface area contributed by atoms with Crippen LogP contribution in [0.4, 0.5) is 5.69 Å². The molecule has 1 saturated carbocycles. The average molecular weight is 460 g/mol. The molecule has 1 spiro atoms. The monoisotopic (exact) mass is 459 g/mol. The molecule has 0 radical (unpaired) electrons. The van der Waals surface area contributed by atoms with E-state index in [1.165, 1.54) is 24.8 Å². The van der Waals surface area contributed by atoms with E-state index in [0.29, 0.717) is 17.0 Å². The molecule has 2 heterocycles. The minimum absolute atomic E-state index is 0.0509. The van der Waals surface area contributed by atoms with Gasteiger partial charge in [-0.1, -0.05) is 12.1 Å². The molecule has 6 rings (SSSR count). The third-order valence-corrected chi connectivity index (χ3v) is 8.39. The van der Waals surface area contributed by atoms with Gasteiger partial charge in [0.25, 0.3) is 11.5 Å². The lowest BCUT2D eigenvalue weighted by Crippen LogP contribution is -2.49. The molecule has 1 aliphatic heterocycles. The van der Waals surface area contributed by atoms with Crippen LogP contribution >= 0.6 is 0 Å². The Morgan fingerprint density at radius 1 is 1.15 bits per heavy atom. The first-order chi connectivity index (χ1) is 16.5. The van der Waals surface area contributed by atoms with Crippen LogP contribution in [0.15, 0.2) is 35.1 Å². The van der Waals surface area contributed by atoms with E-state index in [1.807, 2.05) is 18.2 Å². The van der Waals surface area contributed by atoms with Crippen molar-refractivity contribution in [3.63, 3.8) is 0 Å². The first kappa shape index (κ1) is 21.6. The minimum atomic E-state index is -0.0509. The number of anilines is 1. The topological polar surface area (TPSA) is 81.3 Å². The number of hydrogen-bond acceptors (Lipinski definition) is 5. The fourth-order valence-electron chi connectivity index (χ4n) is 6.02. The molecule has 0 bridgehead atoms. The van der Waals surface area contributed by atoms with E-state index in [-0.39, 0.29) is 11.5 Å². The summed E-state index contributed by atoms with van der Waals surface area (Å²) >= 11 is 0. The Bertz CT molecular complexity index is 1200. The number of nitrogens with zero attached hydrogens (tertiary/aromatic N) is 3. The van der Waals surface area contributed by atoms with Gasteiger partial charge < -0.3 is 15.2 Å². The Labute approximate surface area is 200 Å². The summed E-state index contributed by atoms with van der Waals surface area (Å²) in [5.41, 5.74) is 5.48. The molecule has 34 heavy (non-hydrogen) atoms. The van der Waals surface area contributed by atoms with Crippen LogP contribution in [0.3, 0.4) is 0 Å². The van der Waals surface area contributed by atoms with Gasteiger partial charge in [0, 0.05) is 56.1 Å². The highest BCUT2D eigenvalue weighted by atomic mass is 16.1. The number of hydrogen-bond donors (Lipinski definition) is 2. The van der Waals surface area contributed by atoms with Gasteiger partial charge in [0.1, 0.15) is 5.82 Å². The van der Waals surface area contributed by atoms with Crippen molar-refractivity contribution in [3.8, 4) is 0 Å². The van der Waals surface area contributed by atoms with Crippen LogP contribution in [-0.2, 0) is 12.8 Å². The van der Waals surface area contributed by atoms with Gasteiger partial charge in [-0.05, 0) is 74.1 Å². The number of nitrogens with one attached hydrogen (secondary N) is 2. The molecule has 1 aromatic heterocycles. The number of fused-ring (bicyclic) bond motifs is 1. The minimum Gasteiger partial charge on any atom is -0.369 e. The van der Waals surface area contributed by atoms with Crippen LogP contribution in [0.25, 0.3) is 5.57 Å². The third-order valence-electron chi connectivity index (χ3n) is 8.39. The summed E-state index contributed by atoms with van der Waals surface area (Å²) in [5, 5.41) is 2.70. The van der Waals surface area contributed by atoms with Crippen LogP contribution in [0, 0.1) is 5.41 Å². The summed E-state index contributed by atoms with van der Waals surface area (Å²) < 4.78 is 0. The van der Waals surface area contributed by atoms with Gasteiger partial charge in [-0.2, -0.15) is 0 Å². The molecule has 178 valence electrons. The second-order valence-electron chi connectivity index (χ2n) is 10.5. The fraction of sp³-hybridized carbons (Fsp3) is 0.519. The predicted octanol–water partition coefficient (Wildman–Crippen LogP) is 2.77. The van der Waals surface area contributed by atoms with Gasteiger partial charge in [0.15, 0.2) is 0 Å². The average Bonchev–Trinajstić information content (AvgIpc) is 3.43. The van der Waals surface area contributed by atoms with E-state index in [9.17, 15) is 9.59 Å². The Balaban J connectivity index is 1.12. The number of carbonyl (C=O) groups is 1. The van der Waals surface area contributed by atoms with Crippen LogP contribution < -0.4 is 15.8 Å². The number of carbonyl (C=O) groups excluding carboxylic acids is 1. The number of rotatable bonds is 4. The lowest BCUT2D eigenvalue weighted by Gasteiger charge is -2.38. The SMILES string of the molecule is CNC(=O)c1cccc(N2CCN(C3C=C(c4nc5c(c(=O)[nH]4)CC4(CC5)CC4)CC3)CC2)c1. The summed E-state index contributed by atoms with van der Waals surface area (Å²) in [6.45, 7) is 3.84. The largest absolute Gasteiger partial charge is 0.369 e. The molecule has 1 amide bonds. The first-order valence-corrected chi connectivity index (χ1v) is 12.7. The van der Waals surface area contributed by atoms with Crippen molar-refractivity contribution in [2.45, 2.75) is 51.0 Å². The van der Waals surface area contributed by atoms with Crippen molar-refractivity contribution in [2.24, 2.45) is 5.41 Å². The van der Waals surface area contributed by atoms with Crippen molar-refractivity contribution in [3.05, 3.63) is 63.3 Å². The lowest BCUT2D eigenvalue weighted by molar-refractivity contribution is 0.0963. The van der Waals surface area contributed by atoms with E-state index < -0.39 is 0 Å². The molecule has 2 aromatic rings. The Morgan fingerprint density at radius 3 is 2.74 bits per heavy atom. The molecule has 1 aromatic carbocycles. The predicted molar refractivity (Wildman–Crippen MR) is 133 cm³/mol. The van der Waals surface area contributed by atoms with E-state index >= 15 is 0 Å². The maximum Gasteiger partial charge on any atom is 0.254 e.